The molecule has 0 saturated carbocycles. The molecule has 0 amide bonds. The van der Waals surface area contributed by atoms with Gasteiger partial charge < -0.3 is 5.11 Å². The maximum Gasteiger partial charge on any atom is 0.126 e. The van der Waals surface area contributed by atoms with Crippen molar-refractivity contribution in [2.45, 2.75) is 25.9 Å². The molecule has 2 rings (SSSR count). The first kappa shape index (κ1) is 13.7. The highest BCUT2D eigenvalue weighted by Gasteiger charge is 2.14. The Morgan fingerprint density at radius 1 is 1.05 bits per heavy atom. The molecule has 1 atom stereocenters. The second kappa shape index (κ2) is 5.93. The lowest BCUT2D eigenvalue weighted by Gasteiger charge is -2.15. The van der Waals surface area contributed by atoms with E-state index in [0.717, 1.165) is 35.7 Å². The van der Waals surface area contributed by atoms with Crippen LogP contribution in [0, 0.1) is 11.6 Å². The van der Waals surface area contributed by atoms with Crippen LogP contribution in [0.15, 0.2) is 42.5 Å². The maximum absolute atomic E-state index is 13.6. The number of aryl methyl sites for hydroxylation is 1. The molecule has 0 heterocycles. The monoisotopic (exact) mass is 262 g/mol. The van der Waals surface area contributed by atoms with Gasteiger partial charge >= 0.3 is 0 Å². The Labute approximate surface area is 111 Å². The van der Waals surface area contributed by atoms with E-state index >= 15 is 0 Å². The van der Waals surface area contributed by atoms with E-state index in [-0.39, 0.29) is 12.0 Å². The Balaban J connectivity index is 2.25. The minimum absolute atomic E-state index is 0.0700. The molecule has 2 aromatic rings. The summed E-state index contributed by atoms with van der Waals surface area (Å²) in [6, 6.07) is 10.8. The van der Waals surface area contributed by atoms with Crippen molar-refractivity contribution >= 4 is 0 Å². The summed E-state index contributed by atoms with van der Waals surface area (Å²) in [6.07, 6.45) is 0.0342. The highest BCUT2D eigenvalue weighted by atomic mass is 19.1. The van der Waals surface area contributed by atoms with Gasteiger partial charge in [-0.3, -0.25) is 0 Å². The number of aliphatic hydroxyl groups excluding tert-OH is 1. The molecular weight excluding hydrogens is 246 g/mol. The number of hydrogen-bond acceptors (Lipinski definition) is 1. The summed E-state index contributed by atoms with van der Waals surface area (Å²) >= 11 is 0. The van der Waals surface area contributed by atoms with Crippen molar-refractivity contribution in [3.63, 3.8) is 0 Å². The van der Waals surface area contributed by atoms with E-state index in [1.165, 1.54) is 0 Å². The van der Waals surface area contributed by atoms with Crippen LogP contribution in [0.5, 0.6) is 0 Å². The fraction of sp³-hybridized carbons (Fsp3) is 0.250. The van der Waals surface area contributed by atoms with Gasteiger partial charge in [0.05, 0.1) is 6.10 Å². The van der Waals surface area contributed by atoms with Gasteiger partial charge in [0.15, 0.2) is 0 Å². The first-order valence-corrected chi connectivity index (χ1v) is 6.31. The van der Waals surface area contributed by atoms with Crippen molar-refractivity contribution in [3.05, 3.63) is 70.8 Å². The zero-order chi connectivity index (χ0) is 13.8. The third-order valence-corrected chi connectivity index (χ3v) is 3.22. The average molecular weight is 262 g/mol. The number of hydrogen-bond donors (Lipinski definition) is 1. The van der Waals surface area contributed by atoms with Crippen LogP contribution in [-0.4, -0.2) is 5.11 Å². The van der Waals surface area contributed by atoms with Gasteiger partial charge in [-0.2, -0.15) is 0 Å². The smallest absolute Gasteiger partial charge is 0.126 e. The lowest BCUT2D eigenvalue weighted by molar-refractivity contribution is 0.176. The van der Waals surface area contributed by atoms with Crippen LogP contribution < -0.4 is 0 Å². The topological polar surface area (TPSA) is 20.2 Å². The summed E-state index contributed by atoms with van der Waals surface area (Å²) in [5, 5.41) is 10.2. The zero-order valence-electron chi connectivity index (χ0n) is 10.7. The number of benzene rings is 2. The van der Waals surface area contributed by atoms with Gasteiger partial charge in [0.1, 0.15) is 11.6 Å². The third-order valence-electron chi connectivity index (χ3n) is 3.22. The van der Waals surface area contributed by atoms with Crippen LogP contribution in [0.1, 0.15) is 29.7 Å². The molecule has 3 heteroatoms. The zero-order valence-corrected chi connectivity index (χ0v) is 10.7. The van der Waals surface area contributed by atoms with Crippen molar-refractivity contribution < 1.29 is 13.9 Å². The molecule has 0 aromatic heterocycles. The van der Waals surface area contributed by atoms with E-state index in [9.17, 15) is 13.9 Å². The molecule has 1 unspecified atom stereocenters. The average Bonchev–Trinajstić information content (AvgIpc) is 2.42. The minimum atomic E-state index is -0.826. The molecule has 0 fully saturated rings. The summed E-state index contributed by atoms with van der Waals surface area (Å²) in [5.41, 5.74) is 1.99. The van der Waals surface area contributed by atoms with Crippen LogP contribution in [0.4, 0.5) is 8.78 Å². The summed E-state index contributed by atoms with van der Waals surface area (Å²) in [5.74, 6) is -0.984. The van der Waals surface area contributed by atoms with Gasteiger partial charge in [-0.05, 0) is 41.3 Å². The molecule has 0 spiro atoms. The van der Waals surface area contributed by atoms with E-state index in [1.807, 2.05) is 31.2 Å². The third kappa shape index (κ3) is 3.18. The SMILES string of the molecule is CCc1ccccc1C(O)Cc1cc(F)ccc1F. The van der Waals surface area contributed by atoms with E-state index in [1.54, 1.807) is 0 Å². The van der Waals surface area contributed by atoms with Crippen molar-refractivity contribution in [2.24, 2.45) is 0 Å². The van der Waals surface area contributed by atoms with E-state index in [4.69, 9.17) is 0 Å². The summed E-state index contributed by atoms with van der Waals surface area (Å²) in [6.45, 7) is 1.99. The van der Waals surface area contributed by atoms with Crippen molar-refractivity contribution in [1.29, 1.82) is 0 Å². The molecule has 0 aliphatic carbocycles. The normalized spacial score (nSPS) is 12.4. The molecule has 0 saturated heterocycles. The summed E-state index contributed by atoms with van der Waals surface area (Å²) < 4.78 is 26.6. The molecule has 0 bridgehead atoms. The van der Waals surface area contributed by atoms with Gasteiger partial charge in [0.25, 0.3) is 0 Å². The van der Waals surface area contributed by atoms with Gasteiger partial charge in [0, 0.05) is 6.42 Å². The molecule has 0 aliphatic heterocycles. The van der Waals surface area contributed by atoms with Crippen LogP contribution in [0.3, 0.4) is 0 Å². The van der Waals surface area contributed by atoms with Crippen LogP contribution in [0.25, 0.3) is 0 Å². The summed E-state index contributed by atoms with van der Waals surface area (Å²) in [4.78, 5) is 0. The fourth-order valence-corrected chi connectivity index (χ4v) is 2.20. The van der Waals surface area contributed by atoms with Crippen molar-refractivity contribution in [3.8, 4) is 0 Å². The quantitative estimate of drug-likeness (QED) is 0.888. The molecule has 0 radical (unpaired) electrons. The highest BCUT2D eigenvalue weighted by molar-refractivity contribution is 5.31. The van der Waals surface area contributed by atoms with Gasteiger partial charge in [-0.1, -0.05) is 31.2 Å². The summed E-state index contributed by atoms with van der Waals surface area (Å²) in [7, 11) is 0. The Hall–Kier alpha value is -1.74. The molecular formula is C16H16F2O. The molecule has 2 aromatic carbocycles. The number of aliphatic hydroxyl groups is 1. The van der Waals surface area contributed by atoms with Crippen LogP contribution in [0.2, 0.25) is 0 Å². The maximum atomic E-state index is 13.6. The molecule has 1 nitrogen and oxygen atoms in total. The molecule has 19 heavy (non-hydrogen) atoms. The molecule has 100 valence electrons. The van der Waals surface area contributed by atoms with Crippen LogP contribution >= 0.6 is 0 Å². The highest BCUT2D eigenvalue weighted by Crippen LogP contribution is 2.24. The predicted octanol–water partition coefficient (Wildman–Crippen LogP) is 3.80. The Kier molecular flexibility index (Phi) is 4.27. The number of halogens is 2. The lowest BCUT2D eigenvalue weighted by Crippen LogP contribution is -2.06. The second-order valence-electron chi connectivity index (χ2n) is 4.51. The predicted molar refractivity (Wildman–Crippen MR) is 70.8 cm³/mol. The van der Waals surface area contributed by atoms with Crippen molar-refractivity contribution in [1.82, 2.24) is 0 Å². The van der Waals surface area contributed by atoms with Crippen LogP contribution in [-0.2, 0) is 12.8 Å². The van der Waals surface area contributed by atoms with Gasteiger partial charge in [-0.15, -0.1) is 0 Å². The molecule has 1 N–H and O–H groups in total. The lowest BCUT2D eigenvalue weighted by atomic mass is 9.95. The van der Waals surface area contributed by atoms with Crippen molar-refractivity contribution in [2.75, 3.05) is 0 Å². The minimum Gasteiger partial charge on any atom is -0.388 e. The van der Waals surface area contributed by atoms with E-state index in [2.05, 4.69) is 0 Å². The largest absolute Gasteiger partial charge is 0.388 e. The van der Waals surface area contributed by atoms with E-state index < -0.39 is 17.7 Å². The Morgan fingerprint density at radius 2 is 1.79 bits per heavy atom. The second-order valence-corrected chi connectivity index (χ2v) is 4.51. The first-order valence-electron chi connectivity index (χ1n) is 6.31. The van der Waals surface area contributed by atoms with E-state index in [0.29, 0.717) is 0 Å². The van der Waals surface area contributed by atoms with Gasteiger partial charge in [0.2, 0.25) is 0 Å². The van der Waals surface area contributed by atoms with Gasteiger partial charge in [-0.25, -0.2) is 8.78 Å². The number of rotatable bonds is 4. The Morgan fingerprint density at radius 3 is 2.53 bits per heavy atom. The standard InChI is InChI=1S/C16H16F2O/c1-2-11-5-3-4-6-14(11)16(19)10-12-9-13(17)7-8-15(12)18/h3-9,16,19H,2,10H2,1H3. The fourth-order valence-electron chi connectivity index (χ4n) is 2.20. The Bertz CT molecular complexity index is 566. The molecule has 0 aliphatic rings. The first-order chi connectivity index (χ1) is 9.11.